The van der Waals surface area contributed by atoms with Crippen molar-refractivity contribution in [1.29, 1.82) is 0 Å². The van der Waals surface area contributed by atoms with E-state index in [0.717, 1.165) is 24.1 Å². The molecule has 1 fully saturated rings. The molecule has 0 aliphatic carbocycles. The third kappa shape index (κ3) is 3.78. The van der Waals surface area contributed by atoms with E-state index in [9.17, 15) is 13.2 Å². The summed E-state index contributed by atoms with van der Waals surface area (Å²) in [5, 5.41) is 0. The van der Waals surface area contributed by atoms with E-state index in [1.165, 1.54) is 6.07 Å². The zero-order chi connectivity index (χ0) is 16.3. The summed E-state index contributed by atoms with van der Waals surface area (Å²) in [6.07, 6.45) is 1.65. The van der Waals surface area contributed by atoms with Crippen LogP contribution in [0.1, 0.15) is 24.8 Å². The van der Waals surface area contributed by atoms with Crippen molar-refractivity contribution in [2.45, 2.75) is 37.2 Å². The van der Waals surface area contributed by atoms with Gasteiger partial charge < -0.3 is 9.64 Å². The predicted octanol–water partition coefficient (Wildman–Crippen LogP) is 1.44. The van der Waals surface area contributed by atoms with E-state index in [2.05, 4.69) is 4.72 Å². The van der Waals surface area contributed by atoms with Gasteiger partial charge in [-0.05, 0) is 43.9 Å². The summed E-state index contributed by atoms with van der Waals surface area (Å²) >= 11 is 0. The summed E-state index contributed by atoms with van der Waals surface area (Å²) in [7, 11) is -0.207. The van der Waals surface area contributed by atoms with Gasteiger partial charge in [-0.15, -0.1) is 0 Å². The third-order valence-electron chi connectivity index (χ3n) is 3.68. The highest BCUT2D eigenvalue weighted by atomic mass is 32.2. The van der Waals surface area contributed by atoms with Crippen LogP contribution in [0.4, 0.5) is 5.69 Å². The predicted molar refractivity (Wildman–Crippen MR) is 84.4 cm³/mol. The minimum atomic E-state index is -3.89. The molecule has 0 bridgehead atoms. The number of hydrogen-bond acceptors (Lipinski definition) is 5. The lowest BCUT2D eigenvalue weighted by molar-refractivity contribution is -0.133. The number of sulfonamides is 1. The molecule has 1 heterocycles. The van der Waals surface area contributed by atoms with E-state index in [-0.39, 0.29) is 4.90 Å². The van der Waals surface area contributed by atoms with Gasteiger partial charge in [-0.2, -0.15) is 0 Å². The van der Waals surface area contributed by atoms with Gasteiger partial charge in [0, 0.05) is 26.4 Å². The molecule has 1 aliphatic heterocycles. The molecule has 22 heavy (non-hydrogen) atoms. The van der Waals surface area contributed by atoms with Crippen LogP contribution in [0.3, 0.4) is 0 Å². The summed E-state index contributed by atoms with van der Waals surface area (Å²) in [4.78, 5) is 14.0. The zero-order valence-electron chi connectivity index (χ0n) is 13.1. The summed E-state index contributed by atoms with van der Waals surface area (Å²) < 4.78 is 32.2. The molecule has 1 aromatic carbocycles. The van der Waals surface area contributed by atoms with Crippen molar-refractivity contribution in [2.24, 2.45) is 0 Å². The molecule has 7 heteroatoms. The van der Waals surface area contributed by atoms with Crippen molar-refractivity contribution in [3.05, 3.63) is 23.8 Å². The summed E-state index contributed by atoms with van der Waals surface area (Å²) in [6, 6.07) is 4.79. The van der Waals surface area contributed by atoms with Gasteiger partial charge in [0.05, 0.1) is 4.90 Å². The van der Waals surface area contributed by atoms with Gasteiger partial charge in [0.1, 0.15) is 6.10 Å². The summed E-state index contributed by atoms with van der Waals surface area (Å²) in [6.45, 7) is 2.40. The van der Waals surface area contributed by atoms with Crippen LogP contribution >= 0.6 is 0 Å². The molecule has 0 aromatic heterocycles. The molecule has 0 spiro atoms. The molecule has 1 unspecified atom stereocenters. The highest BCUT2D eigenvalue weighted by Crippen LogP contribution is 2.22. The number of rotatable bonds is 4. The van der Waals surface area contributed by atoms with Crippen LogP contribution in [0, 0.1) is 6.92 Å². The topological polar surface area (TPSA) is 75.7 Å². The fourth-order valence-electron chi connectivity index (χ4n) is 2.44. The van der Waals surface area contributed by atoms with Gasteiger partial charge in [-0.25, -0.2) is 13.1 Å². The second-order valence-corrected chi connectivity index (χ2v) is 7.35. The van der Waals surface area contributed by atoms with Crippen molar-refractivity contribution < 1.29 is 17.9 Å². The Labute approximate surface area is 131 Å². The van der Waals surface area contributed by atoms with Crippen molar-refractivity contribution in [3.8, 4) is 0 Å². The highest BCUT2D eigenvalue weighted by Gasteiger charge is 2.27. The maximum atomic E-state index is 12.4. The number of carbonyl (C=O) groups is 1. The van der Waals surface area contributed by atoms with Crippen molar-refractivity contribution in [3.63, 3.8) is 0 Å². The molecule has 1 N–H and O–H groups in total. The summed E-state index contributed by atoms with van der Waals surface area (Å²) in [5.74, 6) is -0.591. The van der Waals surface area contributed by atoms with Gasteiger partial charge in [0.15, 0.2) is 0 Å². The third-order valence-corrected chi connectivity index (χ3v) is 5.02. The molecular formula is C15H22N2O4S. The number of hydrogen-bond donors (Lipinski definition) is 1. The fourth-order valence-corrected chi connectivity index (χ4v) is 3.47. The number of aryl methyl sites for hydroxylation is 1. The molecule has 1 atom stereocenters. The van der Waals surface area contributed by atoms with Crippen LogP contribution in [0.15, 0.2) is 23.1 Å². The Hall–Kier alpha value is -1.60. The van der Waals surface area contributed by atoms with E-state index in [0.29, 0.717) is 13.0 Å². The van der Waals surface area contributed by atoms with Gasteiger partial charge >= 0.3 is 0 Å². The standard InChI is InChI=1S/C15H22N2O4S/c1-11-7-8-12(10-13(11)17(2)3)22(19,20)16-15(18)14-6-4-5-9-21-14/h7-8,10,14H,4-6,9H2,1-3H3,(H,16,18). The number of anilines is 1. The number of benzene rings is 1. The molecule has 1 amide bonds. The second-order valence-electron chi connectivity index (χ2n) is 5.67. The minimum Gasteiger partial charge on any atom is -0.377 e. The quantitative estimate of drug-likeness (QED) is 0.906. The molecule has 1 saturated heterocycles. The maximum Gasteiger partial charge on any atom is 0.264 e. The average Bonchev–Trinajstić information content (AvgIpc) is 2.47. The van der Waals surface area contributed by atoms with Gasteiger partial charge in [0.2, 0.25) is 0 Å². The first-order valence-electron chi connectivity index (χ1n) is 7.27. The minimum absolute atomic E-state index is 0.0750. The van der Waals surface area contributed by atoms with Crippen LogP contribution in [-0.4, -0.2) is 41.1 Å². The summed E-state index contributed by atoms with van der Waals surface area (Å²) in [5.41, 5.74) is 1.76. The molecule has 1 aliphatic rings. The van der Waals surface area contributed by atoms with Gasteiger partial charge in [-0.1, -0.05) is 6.07 Å². The lowest BCUT2D eigenvalue weighted by Gasteiger charge is -2.22. The Morgan fingerprint density at radius 1 is 1.32 bits per heavy atom. The smallest absolute Gasteiger partial charge is 0.264 e. The van der Waals surface area contributed by atoms with E-state index in [4.69, 9.17) is 4.74 Å². The van der Waals surface area contributed by atoms with Crippen LogP contribution in [0.25, 0.3) is 0 Å². The molecule has 122 valence electrons. The van der Waals surface area contributed by atoms with Crippen molar-refractivity contribution >= 4 is 21.6 Å². The number of ether oxygens (including phenoxy) is 1. The Morgan fingerprint density at radius 2 is 2.05 bits per heavy atom. The van der Waals surface area contributed by atoms with Crippen molar-refractivity contribution in [2.75, 3.05) is 25.6 Å². The SMILES string of the molecule is Cc1ccc(S(=O)(=O)NC(=O)C2CCCCO2)cc1N(C)C. The molecule has 2 rings (SSSR count). The van der Waals surface area contributed by atoms with E-state index in [1.54, 1.807) is 12.1 Å². The number of nitrogens with one attached hydrogen (secondary N) is 1. The average molecular weight is 326 g/mol. The lowest BCUT2D eigenvalue weighted by Crippen LogP contribution is -2.41. The molecular weight excluding hydrogens is 304 g/mol. The van der Waals surface area contributed by atoms with Gasteiger partial charge in [-0.3, -0.25) is 4.79 Å². The first kappa shape index (κ1) is 16.8. The normalized spacial score (nSPS) is 18.8. The number of nitrogens with zero attached hydrogens (tertiary/aromatic N) is 1. The van der Waals surface area contributed by atoms with Crippen LogP contribution in [-0.2, 0) is 19.6 Å². The maximum absolute atomic E-state index is 12.4. The highest BCUT2D eigenvalue weighted by molar-refractivity contribution is 7.90. The first-order chi connectivity index (χ1) is 10.3. The van der Waals surface area contributed by atoms with E-state index < -0.39 is 22.0 Å². The van der Waals surface area contributed by atoms with Crippen LogP contribution < -0.4 is 9.62 Å². The van der Waals surface area contributed by atoms with Crippen LogP contribution in [0.5, 0.6) is 0 Å². The van der Waals surface area contributed by atoms with Gasteiger partial charge in [0.25, 0.3) is 15.9 Å². The van der Waals surface area contributed by atoms with Crippen molar-refractivity contribution in [1.82, 2.24) is 4.72 Å². The number of carbonyl (C=O) groups excluding carboxylic acids is 1. The second kappa shape index (κ2) is 6.66. The Balaban J connectivity index is 2.19. The lowest BCUT2D eigenvalue weighted by atomic mass is 10.1. The largest absolute Gasteiger partial charge is 0.377 e. The molecule has 6 nitrogen and oxygen atoms in total. The Kier molecular flexibility index (Phi) is 5.08. The Morgan fingerprint density at radius 3 is 2.64 bits per heavy atom. The van der Waals surface area contributed by atoms with E-state index in [1.807, 2.05) is 25.9 Å². The molecule has 0 saturated carbocycles. The number of amides is 1. The first-order valence-corrected chi connectivity index (χ1v) is 8.76. The van der Waals surface area contributed by atoms with E-state index >= 15 is 0 Å². The van der Waals surface area contributed by atoms with Crippen LogP contribution in [0.2, 0.25) is 0 Å². The Bertz CT molecular complexity index is 650. The monoisotopic (exact) mass is 326 g/mol. The molecule has 0 radical (unpaired) electrons. The zero-order valence-corrected chi connectivity index (χ0v) is 13.9. The fraction of sp³-hybridized carbons (Fsp3) is 0.533. The molecule has 1 aromatic rings.